The van der Waals surface area contributed by atoms with Gasteiger partial charge in [-0.3, -0.25) is 4.90 Å². The molecule has 0 spiro atoms. The first kappa shape index (κ1) is 20.7. The van der Waals surface area contributed by atoms with E-state index < -0.39 is 11.6 Å². The van der Waals surface area contributed by atoms with Crippen LogP contribution in [0.1, 0.15) is 42.6 Å². The summed E-state index contributed by atoms with van der Waals surface area (Å²) in [5.41, 5.74) is 3.52. The first-order chi connectivity index (χ1) is 14.5. The molecule has 0 amide bonds. The van der Waals surface area contributed by atoms with Crippen LogP contribution in [0.2, 0.25) is 0 Å². The lowest BCUT2D eigenvalue weighted by atomic mass is 10.0. The average molecular weight is 411 g/mol. The van der Waals surface area contributed by atoms with Gasteiger partial charge >= 0.3 is 0 Å². The molecule has 1 saturated heterocycles. The summed E-state index contributed by atoms with van der Waals surface area (Å²) in [6.07, 6.45) is 3.97. The summed E-state index contributed by atoms with van der Waals surface area (Å²) in [5.74, 6) is -1.20. The van der Waals surface area contributed by atoms with Crippen molar-refractivity contribution >= 4 is 0 Å². The van der Waals surface area contributed by atoms with Crippen molar-refractivity contribution in [2.45, 2.75) is 45.3 Å². The fourth-order valence-corrected chi connectivity index (χ4v) is 4.29. The van der Waals surface area contributed by atoms with E-state index in [-0.39, 0.29) is 11.7 Å². The van der Waals surface area contributed by atoms with Gasteiger partial charge in [0.2, 0.25) is 0 Å². The van der Waals surface area contributed by atoms with E-state index in [4.69, 9.17) is 0 Å². The zero-order valence-electron chi connectivity index (χ0n) is 17.5. The third-order valence-electron chi connectivity index (χ3n) is 5.97. The van der Waals surface area contributed by atoms with E-state index in [0.717, 1.165) is 49.8 Å². The molecular formula is C24H28F2N4. The number of hydrogen-bond donors (Lipinski definition) is 1. The van der Waals surface area contributed by atoms with Crippen molar-refractivity contribution in [3.63, 3.8) is 0 Å². The van der Waals surface area contributed by atoms with Crippen molar-refractivity contribution in [1.82, 2.24) is 20.0 Å². The summed E-state index contributed by atoms with van der Waals surface area (Å²) in [4.78, 5) is 2.50. The number of hydrogen-bond acceptors (Lipinski definition) is 3. The number of nitrogens with zero attached hydrogens (tertiary/aromatic N) is 3. The third-order valence-corrected chi connectivity index (χ3v) is 5.97. The first-order valence-corrected chi connectivity index (χ1v) is 10.5. The summed E-state index contributed by atoms with van der Waals surface area (Å²) in [5, 5.41) is 8.07. The summed E-state index contributed by atoms with van der Waals surface area (Å²) in [6, 6.07) is 14.7. The number of piperidine rings is 1. The van der Waals surface area contributed by atoms with Gasteiger partial charge in [0, 0.05) is 36.0 Å². The molecule has 6 heteroatoms. The van der Waals surface area contributed by atoms with Crippen LogP contribution in [-0.2, 0) is 6.54 Å². The summed E-state index contributed by atoms with van der Waals surface area (Å²) in [6.45, 7) is 7.17. The van der Waals surface area contributed by atoms with Gasteiger partial charge in [-0.2, -0.15) is 5.10 Å². The number of benzene rings is 2. The first-order valence-electron chi connectivity index (χ1n) is 10.5. The standard InChI is InChI=1S/C24H28F2N4/c1-17(22-15-27-30(18(22)2)24-9-8-20(25)14-23(24)26)28-21-10-12-29(13-11-21)16-19-6-4-3-5-7-19/h3-9,14-15,17,21,28H,10-13,16H2,1-2H3/t17-/m0/s1. The highest BCUT2D eigenvalue weighted by molar-refractivity contribution is 5.37. The molecule has 2 aromatic carbocycles. The van der Waals surface area contributed by atoms with Crippen LogP contribution in [0, 0.1) is 18.6 Å². The van der Waals surface area contributed by atoms with Gasteiger partial charge < -0.3 is 5.32 Å². The molecule has 1 aliphatic heterocycles. The molecule has 0 bridgehead atoms. The molecular weight excluding hydrogens is 382 g/mol. The Balaban J connectivity index is 1.36. The highest BCUT2D eigenvalue weighted by Crippen LogP contribution is 2.24. The minimum absolute atomic E-state index is 0.105. The van der Waals surface area contributed by atoms with Crippen LogP contribution < -0.4 is 5.32 Å². The zero-order chi connectivity index (χ0) is 21.1. The van der Waals surface area contributed by atoms with Gasteiger partial charge in [-0.25, -0.2) is 13.5 Å². The molecule has 1 atom stereocenters. The molecule has 0 aliphatic carbocycles. The smallest absolute Gasteiger partial charge is 0.151 e. The van der Waals surface area contributed by atoms with Crippen molar-refractivity contribution in [2.75, 3.05) is 13.1 Å². The van der Waals surface area contributed by atoms with Crippen LogP contribution in [0.5, 0.6) is 0 Å². The minimum atomic E-state index is -0.612. The Labute approximate surface area is 176 Å². The van der Waals surface area contributed by atoms with E-state index >= 15 is 0 Å². The number of rotatable bonds is 6. The predicted molar refractivity (Wildman–Crippen MR) is 115 cm³/mol. The van der Waals surface area contributed by atoms with Crippen LogP contribution in [0.3, 0.4) is 0 Å². The zero-order valence-corrected chi connectivity index (χ0v) is 17.5. The topological polar surface area (TPSA) is 33.1 Å². The van der Waals surface area contributed by atoms with Crippen LogP contribution in [0.4, 0.5) is 8.78 Å². The third kappa shape index (κ3) is 4.60. The van der Waals surface area contributed by atoms with Crippen molar-refractivity contribution in [3.05, 3.63) is 83.2 Å². The Morgan fingerprint density at radius 2 is 1.83 bits per heavy atom. The number of halogens is 2. The Kier molecular flexibility index (Phi) is 6.25. The van der Waals surface area contributed by atoms with Crippen LogP contribution in [0.25, 0.3) is 5.69 Å². The Morgan fingerprint density at radius 1 is 1.10 bits per heavy atom. The Bertz CT molecular complexity index is 978. The fourth-order valence-electron chi connectivity index (χ4n) is 4.29. The lowest BCUT2D eigenvalue weighted by Gasteiger charge is -2.34. The van der Waals surface area contributed by atoms with E-state index in [0.29, 0.717) is 6.04 Å². The molecule has 158 valence electrons. The second-order valence-electron chi connectivity index (χ2n) is 8.12. The van der Waals surface area contributed by atoms with E-state index in [1.165, 1.54) is 17.7 Å². The van der Waals surface area contributed by atoms with Crippen LogP contribution >= 0.6 is 0 Å². The Hall–Kier alpha value is -2.57. The number of aromatic nitrogens is 2. The van der Waals surface area contributed by atoms with Crippen molar-refractivity contribution in [1.29, 1.82) is 0 Å². The average Bonchev–Trinajstić information content (AvgIpc) is 3.11. The van der Waals surface area contributed by atoms with Crippen LogP contribution in [-0.4, -0.2) is 33.8 Å². The van der Waals surface area contributed by atoms with E-state index in [1.54, 1.807) is 10.9 Å². The molecule has 4 nitrogen and oxygen atoms in total. The normalized spacial score (nSPS) is 16.7. The maximum Gasteiger partial charge on any atom is 0.151 e. The minimum Gasteiger partial charge on any atom is -0.307 e. The SMILES string of the molecule is Cc1c([C@H](C)NC2CCN(Cc3ccccc3)CC2)cnn1-c1ccc(F)cc1F. The molecule has 1 N–H and O–H groups in total. The van der Waals surface area contributed by atoms with Crippen molar-refractivity contribution < 1.29 is 8.78 Å². The van der Waals surface area contributed by atoms with Crippen molar-refractivity contribution in [2.24, 2.45) is 0 Å². The quantitative estimate of drug-likeness (QED) is 0.635. The highest BCUT2D eigenvalue weighted by Gasteiger charge is 2.23. The largest absolute Gasteiger partial charge is 0.307 e. The summed E-state index contributed by atoms with van der Waals surface area (Å²) < 4.78 is 28.9. The molecule has 3 aromatic rings. The van der Waals surface area contributed by atoms with Gasteiger partial charge in [0.05, 0.1) is 6.20 Å². The van der Waals surface area contributed by atoms with Gasteiger partial charge in [0.25, 0.3) is 0 Å². The maximum absolute atomic E-state index is 14.2. The molecule has 1 aromatic heterocycles. The number of likely N-dealkylation sites (tertiary alicyclic amines) is 1. The van der Waals surface area contributed by atoms with Gasteiger partial charge in [0.15, 0.2) is 5.82 Å². The molecule has 1 fully saturated rings. The summed E-state index contributed by atoms with van der Waals surface area (Å²) in [7, 11) is 0. The molecule has 0 radical (unpaired) electrons. The summed E-state index contributed by atoms with van der Waals surface area (Å²) >= 11 is 0. The lowest BCUT2D eigenvalue weighted by molar-refractivity contribution is 0.185. The van der Waals surface area contributed by atoms with Gasteiger partial charge in [-0.15, -0.1) is 0 Å². The van der Waals surface area contributed by atoms with E-state index in [2.05, 4.69) is 52.6 Å². The molecule has 2 heterocycles. The highest BCUT2D eigenvalue weighted by atomic mass is 19.1. The number of nitrogens with one attached hydrogen (secondary N) is 1. The Morgan fingerprint density at radius 3 is 2.53 bits per heavy atom. The van der Waals surface area contributed by atoms with Crippen LogP contribution in [0.15, 0.2) is 54.7 Å². The molecule has 4 rings (SSSR count). The maximum atomic E-state index is 14.2. The molecule has 1 aliphatic rings. The van der Waals surface area contributed by atoms with Gasteiger partial charge in [-0.1, -0.05) is 30.3 Å². The van der Waals surface area contributed by atoms with E-state index in [9.17, 15) is 8.78 Å². The second kappa shape index (κ2) is 9.06. The van der Waals surface area contributed by atoms with Gasteiger partial charge in [0.1, 0.15) is 11.5 Å². The van der Waals surface area contributed by atoms with Crippen molar-refractivity contribution in [3.8, 4) is 5.69 Å². The fraction of sp³-hybridized carbons (Fsp3) is 0.375. The second-order valence-corrected chi connectivity index (χ2v) is 8.12. The monoisotopic (exact) mass is 410 g/mol. The molecule has 30 heavy (non-hydrogen) atoms. The lowest BCUT2D eigenvalue weighted by Crippen LogP contribution is -2.43. The van der Waals surface area contributed by atoms with Gasteiger partial charge in [-0.05, 0) is 57.5 Å². The molecule has 0 saturated carbocycles. The van der Waals surface area contributed by atoms with E-state index in [1.807, 2.05) is 6.92 Å². The molecule has 0 unspecified atom stereocenters. The predicted octanol–water partition coefficient (Wildman–Crippen LogP) is 4.77.